The van der Waals surface area contributed by atoms with Gasteiger partial charge < -0.3 is 15.0 Å². The second kappa shape index (κ2) is 6.05. The summed E-state index contributed by atoms with van der Waals surface area (Å²) in [5.41, 5.74) is 2.40. The minimum absolute atomic E-state index is 0.295. The van der Waals surface area contributed by atoms with E-state index in [1.807, 2.05) is 17.3 Å². The van der Waals surface area contributed by atoms with E-state index in [2.05, 4.69) is 5.32 Å². The number of rotatable bonds is 4. The van der Waals surface area contributed by atoms with Gasteiger partial charge in [0.15, 0.2) is 0 Å². The van der Waals surface area contributed by atoms with Gasteiger partial charge in [-0.2, -0.15) is 0 Å². The number of hydrogen-bond donors (Lipinski definition) is 1. The topological polar surface area (TPSA) is 24.5 Å². The van der Waals surface area contributed by atoms with E-state index in [-0.39, 0.29) is 11.6 Å². The van der Waals surface area contributed by atoms with Crippen LogP contribution in [0.1, 0.15) is 5.56 Å². The molecular formula is C17H16F2N2O. The van der Waals surface area contributed by atoms with E-state index in [0.29, 0.717) is 19.0 Å². The molecule has 1 heterocycles. The second-order valence-electron chi connectivity index (χ2n) is 5.07. The van der Waals surface area contributed by atoms with Gasteiger partial charge in [0.05, 0.1) is 13.8 Å². The van der Waals surface area contributed by atoms with Crippen molar-refractivity contribution < 1.29 is 13.5 Å². The Kier molecular flexibility index (Phi) is 3.96. The number of ether oxygens (including phenoxy) is 1. The molecule has 22 heavy (non-hydrogen) atoms. The summed E-state index contributed by atoms with van der Waals surface area (Å²) in [4.78, 5) is 2.02. The average molecular weight is 302 g/mol. The summed E-state index contributed by atoms with van der Waals surface area (Å²) in [6.07, 6.45) is 3.76. The highest BCUT2D eigenvalue weighted by molar-refractivity contribution is 5.73. The van der Waals surface area contributed by atoms with Crippen LogP contribution in [0, 0.1) is 11.6 Å². The van der Waals surface area contributed by atoms with Gasteiger partial charge in [-0.25, -0.2) is 8.78 Å². The third-order valence-electron chi connectivity index (χ3n) is 3.59. The summed E-state index contributed by atoms with van der Waals surface area (Å²) in [6, 6.07) is 8.97. The summed E-state index contributed by atoms with van der Waals surface area (Å²) < 4.78 is 32.3. The predicted octanol–water partition coefficient (Wildman–Crippen LogP) is 3.47. The van der Waals surface area contributed by atoms with E-state index < -0.39 is 0 Å². The standard InChI is InChI=1S/C17H16F2N2O/c1-22-17-9-14(19)3-5-16(17)15-4-2-13(18)8-12(15)10-21-7-6-20-11-21/h2-9,20H,10-11H2,1H3. The lowest BCUT2D eigenvalue weighted by molar-refractivity contribution is 0.384. The molecule has 1 aliphatic rings. The number of benzene rings is 2. The fourth-order valence-electron chi connectivity index (χ4n) is 2.55. The van der Waals surface area contributed by atoms with Crippen LogP contribution in [0.5, 0.6) is 5.75 Å². The van der Waals surface area contributed by atoms with Gasteiger partial charge in [0, 0.05) is 30.6 Å². The lowest BCUT2D eigenvalue weighted by Gasteiger charge is -2.19. The molecule has 3 nitrogen and oxygen atoms in total. The van der Waals surface area contributed by atoms with E-state index in [1.54, 1.807) is 12.1 Å². The lowest BCUT2D eigenvalue weighted by atomic mass is 9.98. The molecule has 0 aromatic heterocycles. The van der Waals surface area contributed by atoms with Crippen molar-refractivity contribution >= 4 is 0 Å². The van der Waals surface area contributed by atoms with Crippen molar-refractivity contribution in [1.82, 2.24) is 10.2 Å². The van der Waals surface area contributed by atoms with Gasteiger partial charge in [0.1, 0.15) is 17.4 Å². The summed E-state index contributed by atoms with van der Waals surface area (Å²) in [5, 5.41) is 3.07. The normalized spacial score (nSPS) is 13.3. The molecule has 3 rings (SSSR count). The Morgan fingerprint density at radius 2 is 1.82 bits per heavy atom. The molecule has 1 N–H and O–H groups in total. The molecule has 114 valence electrons. The first-order valence-corrected chi connectivity index (χ1v) is 6.94. The Balaban J connectivity index is 2.04. The minimum Gasteiger partial charge on any atom is -0.496 e. The van der Waals surface area contributed by atoms with Crippen LogP contribution in [-0.4, -0.2) is 18.7 Å². The summed E-state index contributed by atoms with van der Waals surface area (Å²) in [5.74, 6) is -0.227. The van der Waals surface area contributed by atoms with E-state index in [1.165, 1.54) is 31.4 Å². The summed E-state index contributed by atoms with van der Waals surface area (Å²) in [6.45, 7) is 1.23. The van der Waals surface area contributed by atoms with Crippen LogP contribution in [0.3, 0.4) is 0 Å². The van der Waals surface area contributed by atoms with E-state index in [4.69, 9.17) is 4.74 Å². The molecule has 0 amide bonds. The van der Waals surface area contributed by atoms with Crippen LogP contribution in [0.25, 0.3) is 11.1 Å². The zero-order valence-electron chi connectivity index (χ0n) is 12.1. The van der Waals surface area contributed by atoms with Crippen LogP contribution < -0.4 is 10.1 Å². The highest BCUT2D eigenvalue weighted by Gasteiger charge is 2.14. The molecular weight excluding hydrogens is 286 g/mol. The fourth-order valence-corrected chi connectivity index (χ4v) is 2.55. The average Bonchev–Trinajstić information content (AvgIpc) is 3.01. The van der Waals surface area contributed by atoms with Crippen LogP contribution >= 0.6 is 0 Å². The zero-order chi connectivity index (χ0) is 15.5. The Labute approximate surface area is 127 Å². The van der Waals surface area contributed by atoms with E-state index in [9.17, 15) is 8.78 Å². The predicted molar refractivity (Wildman–Crippen MR) is 81.0 cm³/mol. The Morgan fingerprint density at radius 3 is 2.50 bits per heavy atom. The summed E-state index contributed by atoms with van der Waals surface area (Å²) >= 11 is 0. The first kappa shape index (κ1) is 14.4. The summed E-state index contributed by atoms with van der Waals surface area (Å²) in [7, 11) is 1.49. The molecule has 0 bridgehead atoms. The number of methoxy groups -OCH3 is 1. The maximum atomic E-state index is 13.6. The SMILES string of the molecule is COc1cc(F)ccc1-c1ccc(F)cc1CN1C=CNC1. The van der Waals surface area contributed by atoms with Crippen molar-refractivity contribution in [2.75, 3.05) is 13.8 Å². The minimum atomic E-state index is -0.365. The monoisotopic (exact) mass is 302 g/mol. The third kappa shape index (κ3) is 2.88. The molecule has 0 atom stereocenters. The molecule has 0 spiro atoms. The third-order valence-corrected chi connectivity index (χ3v) is 3.59. The van der Waals surface area contributed by atoms with Crippen molar-refractivity contribution in [1.29, 1.82) is 0 Å². The second-order valence-corrected chi connectivity index (χ2v) is 5.07. The number of nitrogens with one attached hydrogen (secondary N) is 1. The van der Waals surface area contributed by atoms with E-state index >= 15 is 0 Å². The highest BCUT2D eigenvalue weighted by Crippen LogP contribution is 2.34. The van der Waals surface area contributed by atoms with Crippen molar-refractivity contribution in [2.24, 2.45) is 0 Å². The Hall–Kier alpha value is -2.56. The molecule has 0 unspecified atom stereocenters. The molecule has 0 saturated carbocycles. The Bertz CT molecular complexity index is 716. The van der Waals surface area contributed by atoms with Crippen molar-refractivity contribution in [2.45, 2.75) is 6.54 Å². The van der Waals surface area contributed by atoms with Crippen molar-refractivity contribution in [3.63, 3.8) is 0 Å². The molecule has 2 aromatic rings. The van der Waals surface area contributed by atoms with Gasteiger partial charge in [0.25, 0.3) is 0 Å². The van der Waals surface area contributed by atoms with Gasteiger partial charge in [-0.1, -0.05) is 6.07 Å². The number of hydrogen-bond acceptors (Lipinski definition) is 3. The number of nitrogens with zero attached hydrogens (tertiary/aromatic N) is 1. The van der Waals surface area contributed by atoms with Crippen LogP contribution in [-0.2, 0) is 6.54 Å². The van der Waals surface area contributed by atoms with Gasteiger partial charge in [-0.3, -0.25) is 0 Å². The van der Waals surface area contributed by atoms with E-state index in [0.717, 1.165) is 16.7 Å². The Morgan fingerprint density at radius 1 is 1.09 bits per heavy atom. The highest BCUT2D eigenvalue weighted by atomic mass is 19.1. The fraction of sp³-hybridized carbons (Fsp3) is 0.176. The smallest absolute Gasteiger partial charge is 0.129 e. The van der Waals surface area contributed by atoms with Gasteiger partial charge in [0.2, 0.25) is 0 Å². The first-order chi connectivity index (χ1) is 10.7. The van der Waals surface area contributed by atoms with Crippen molar-refractivity contribution in [3.05, 3.63) is 66.0 Å². The molecule has 0 radical (unpaired) electrons. The quantitative estimate of drug-likeness (QED) is 0.936. The molecule has 0 saturated heterocycles. The van der Waals surface area contributed by atoms with Gasteiger partial charge >= 0.3 is 0 Å². The number of halogens is 2. The molecule has 2 aromatic carbocycles. The maximum Gasteiger partial charge on any atom is 0.129 e. The van der Waals surface area contributed by atoms with Crippen molar-refractivity contribution in [3.8, 4) is 16.9 Å². The molecule has 0 aliphatic carbocycles. The van der Waals surface area contributed by atoms with Crippen LogP contribution in [0.4, 0.5) is 8.78 Å². The molecule has 1 aliphatic heterocycles. The largest absolute Gasteiger partial charge is 0.496 e. The van der Waals surface area contributed by atoms with Crippen LogP contribution in [0.15, 0.2) is 48.8 Å². The van der Waals surface area contributed by atoms with Crippen LogP contribution in [0.2, 0.25) is 0 Å². The first-order valence-electron chi connectivity index (χ1n) is 6.94. The molecule has 0 fully saturated rings. The maximum absolute atomic E-state index is 13.6. The molecule has 5 heteroatoms. The lowest BCUT2D eigenvalue weighted by Crippen LogP contribution is -2.20. The zero-order valence-corrected chi connectivity index (χ0v) is 12.1. The van der Waals surface area contributed by atoms with Gasteiger partial charge in [-0.05, 0) is 35.4 Å². The van der Waals surface area contributed by atoms with Gasteiger partial charge in [-0.15, -0.1) is 0 Å².